The van der Waals surface area contributed by atoms with Gasteiger partial charge >= 0.3 is 0 Å². The van der Waals surface area contributed by atoms with Crippen LogP contribution in [0, 0.1) is 6.92 Å². The summed E-state index contributed by atoms with van der Waals surface area (Å²) in [5, 5.41) is 3.41. The highest BCUT2D eigenvalue weighted by molar-refractivity contribution is 5.47. The van der Waals surface area contributed by atoms with Gasteiger partial charge in [-0.2, -0.15) is 0 Å². The largest absolute Gasteiger partial charge is 0.357 e. The van der Waals surface area contributed by atoms with Gasteiger partial charge in [0, 0.05) is 25.8 Å². The summed E-state index contributed by atoms with van der Waals surface area (Å²) in [5.74, 6) is 1.14. The number of hydrogen-bond acceptors (Lipinski definition) is 3. The quantitative estimate of drug-likeness (QED) is 0.717. The molecule has 0 bridgehead atoms. The van der Waals surface area contributed by atoms with Crippen molar-refractivity contribution in [1.29, 1.82) is 0 Å². The lowest BCUT2D eigenvalue weighted by Gasteiger charge is -2.23. The molecule has 0 fully saturated rings. The highest BCUT2D eigenvalue weighted by Crippen LogP contribution is 2.18. The minimum atomic E-state index is 0.919. The average molecular weight is 249 g/mol. The van der Waals surface area contributed by atoms with Crippen LogP contribution in [0.2, 0.25) is 0 Å². The fraction of sp³-hybridized carbons (Fsp3) is 0.667. The molecule has 3 nitrogen and oxygen atoms in total. The van der Waals surface area contributed by atoms with Crippen LogP contribution in [0.5, 0.6) is 0 Å². The fourth-order valence-corrected chi connectivity index (χ4v) is 2.15. The zero-order valence-corrected chi connectivity index (χ0v) is 12.3. The van der Waals surface area contributed by atoms with E-state index in [1.807, 2.05) is 6.20 Å². The van der Waals surface area contributed by atoms with E-state index in [2.05, 4.69) is 49.0 Å². The number of rotatable bonds is 8. The predicted molar refractivity (Wildman–Crippen MR) is 79.1 cm³/mol. The van der Waals surface area contributed by atoms with Gasteiger partial charge in [0.1, 0.15) is 5.82 Å². The minimum Gasteiger partial charge on any atom is -0.357 e. The number of aromatic nitrogens is 1. The molecule has 1 aromatic heterocycles. The van der Waals surface area contributed by atoms with Gasteiger partial charge in [0.15, 0.2) is 0 Å². The van der Waals surface area contributed by atoms with Gasteiger partial charge < -0.3 is 10.2 Å². The molecule has 0 aliphatic rings. The normalized spacial score (nSPS) is 10.7. The number of nitrogens with zero attached hydrogens (tertiary/aromatic N) is 2. The first-order valence-electron chi connectivity index (χ1n) is 7.14. The van der Waals surface area contributed by atoms with Crippen LogP contribution in [0.3, 0.4) is 0 Å². The summed E-state index contributed by atoms with van der Waals surface area (Å²) in [4.78, 5) is 6.98. The van der Waals surface area contributed by atoms with Crippen molar-refractivity contribution in [3.8, 4) is 0 Å². The summed E-state index contributed by atoms with van der Waals surface area (Å²) in [6.45, 7) is 12.8. The molecule has 1 aromatic rings. The second-order valence-electron chi connectivity index (χ2n) is 4.74. The molecule has 0 saturated carbocycles. The summed E-state index contributed by atoms with van der Waals surface area (Å²) >= 11 is 0. The van der Waals surface area contributed by atoms with Crippen molar-refractivity contribution < 1.29 is 0 Å². The van der Waals surface area contributed by atoms with Gasteiger partial charge in [-0.25, -0.2) is 4.98 Å². The summed E-state index contributed by atoms with van der Waals surface area (Å²) < 4.78 is 0. The molecule has 0 aromatic carbocycles. The third-order valence-corrected chi connectivity index (χ3v) is 3.04. The standard InChI is InChI=1S/C15H27N3/c1-5-8-16-11-14-10-13(4)15(17-12-14)18(7-3)9-6-2/h10,12,16H,5-9,11H2,1-4H3. The Morgan fingerprint density at radius 3 is 2.56 bits per heavy atom. The maximum absolute atomic E-state index is 4.63. The van der Waals surface area contributed by atoms with Gasteiger partial charge in [0.05, 0.1) is 0 Å². The Morgan fingerprint density at radius 1 is 1.22 bits per heavy atom. The number of pyridine rings is 1. The van der Waals surface area contributed by atoms with Crippen LogP contribution in [0.1, 0.15) is 44.7 Å². The van der Waals surface area contributed by atoms with E-state index in [9.17, 15) is 0 Å². The highest BCUT2D eigenvalue weighted by Gasteiger charge is 2.08. The van der Waals surface area contributed by atoms with Gasteiger partial charge in [-0.15, -0.1) is 0 Å². The highest BCUT2D eigenvalue weighted by atomic mass is 15.2. The van der Waals surface area contributed by atoms with E-state index in [-0.39, 0.29) is 0 Å². The van der Waals surface area contributed by atoms with Gasteiger partial charge in [0.2, 0.25) is 0 Å². The predicted octanol–water partition coefficient (Wildman–Crippen LogP) is 3.13. The SMILES string of the molecule is CCCNCc1cnc(N(CC)CCC)c(C)c1. The van der Waals surface area contributed by atoms with Crippen molar-refractivity contribution in [2.45, 2.75) is 47.1 Å². The van der Waals surface area contributed by atoms with E-state index in [0.717, 1.165) is 38.4 Å². The first-order valence-corrected chi connectivity index (χ1v) is 7.14. The smallest absolute Gasteiger partial charge is 0.131 e. The molecule has 0 unspecified atom stereocenters. The lowest BCUT2D eigenvalue weighted by molar-refractivity contribution is 0.673. The molecule has 0 spiro atoms. The Bertz CT molecular complexity index is 350. The molecule has 3 heteroatoms. The van der Waals surface area contributed by atoms with Gasteiger partial charge in [-0.1, -0.05) is 13.8 Å². The van der Waals surface area contributed by atoms with Gasteiger partial charge in [-0.3, -0.25) is 0 Å². The lowest BCUT2D eigenvalue weighted by Crippen LogP contribution is -2.25. The van der Waals surface area contributed by atoms with Crippen LogP contribution in [0.4, 0.5) is 5.82 Å². The molecule has 0 aliphatic carbocycles. The average Bonchev–Trinajstić information content (AvgIpc) is 2.37. The topological polar surface area (TPSA) is 28.2 Å². The Balaban J connectivity index is 2.71. The number of anilines is 1. The van der Waals surface area contributed by atoms with E-state index < -0.39 is 0 Å². The summed E-state index contributed by atoms with van der Waals surface area (Å²) in [6, 6.07) is 2.25. The first kappa shape index (κ1) is 15.0. The second-order valence-corrected chi connectivity index (χ2v) is 4.74. The number of aryl methyl sites for hydroxylation is 1. The van der Waals surface area contributed by atoms with Crippen molar-refractivity contribution in [3.63, 3.8) is 0 Å². The molecule has 0 atom stereocenters. The van der Waals surface area contributed by atoms with E-state index in [1.54, 1.807) is 0 Å². The molecule has 1 N–H and O–H groups in total. The second kappa shape index (κ2) is 8.09. The van der Waals surface area contributed by atoms with Gasteiger partial charge in [0.25, 0.3) is 0 Å². The Hall–Kier alpha value is -1.09. The van der Waals surface area contributed by atoms with Crippen LogP contribution in [-0.2, 0) is 6.54 Å². The van der Waals surface area contributed by atoms with E-state index in [4.69, 9.17) is 0 Å². The Kier molecular flexibility index (Phi) is 6.73. The molecular weight excluding hydrogens is 222 g/mol. The van der Waals surface area contributed by atoms with Gasteiger partial charge in [-0.05, 0) is 50.4 Å². The number of hydrogen-bond donors (Lipinski definition) is 1. The summed E-state index contributed by atoms with van der Waals surface area (Å²) in [5.41, 5.74) is 2.55. The molecule has 18 heavy (non-hydrogen) atoms. The monoisotopic (exact) mass is 249 g/mol. The van der Waals surface area contributed by atoms with E-state index in [1.165, 1.54) is 17.5 Å². The zero-order valence-electron chi connectivity index (χ0n) is 12.3. The van der Waals surface area contributed by atoms with Crippen LogP contribution in [0.25, 0.3) is 0 Å². The Labute approximate surface area is 112 Å². The van der Waals surface area contributed by atoms with Crippen LogP contribution < -0.4 is 10.2 Å². The molecule has 0 aliphatic heterocycles. The van der Waals surface area contributed by atoms with Crippen molar-refractivity contribution in [2.75, 3.05) is 24.5 Å². The maximum Gasteiger partial charge on any atom is 0.131 e. The first-order chi connectivity index (χ1) is 8.72. The molecule has 102 valence electrons. The lowest BCUT2D eigenvalue weighted by atomic mass is 10.2. The minimum absolute atomic E-state index is 0.919. The van der Waals surface area contributed by atoms with Crippen molar-refractivity contribution >= 4 is 5.82 Å². The van der Waals surface area contributed by atoms with Crippen LogP contribution >= 0.6 is 0 Å². The molecular formula is C15H27N3. The number of nitrogens with one attached hydrogen (secondary N) is 1. The van der Waals surface area contributed by atoms with Crippen LogP contribution in [0.15, 0.2) is 12.3 Å². The molecule has 1 heterocycles. The fourth-order valence-electron chi connectivity index (χ4n) is 2.15. The van der Waals surface area contributed by atoms with Crippen molar-refractivity contribution in [1.82, 2.24) is 10.3 Å². The Morgan fingerprint density at radius 2 is 2.00 bits per heavy atom. The molecule has 1 rings (SSSR count). The summed E-state index contributed by atoms with van der Waals surface area (Å²) in [6.07, 6.45) is 4.34. The molecule has 0 radical (unpaired) electrons. The zero-order chi connectivity index (χ0) is 13.4. The summed E-state index contributed by atoms with van der Waals surface area (Å²) in [7, 11) is 0. The maximum atomic E-state index is 4.63. The van der Waals surface area contributed by atoms with Crippen LogP contribution in [-0.4, -0.2) is 24.6 Å². The third-order valence-electron chi connectivity index (χ3n) is 3.04. The third kappa shape index (κ3) is 4.30. The van der Waals surface area contributed by atoms with E-state index >= 15 is 0 Å². The van der Waals surface area contributed by atoms with E-state index in [0.29, 0.717) is 0 Å². The van der Waals surface area contributed by atoms with Crippen molar-refractivity contribution in [3.05, 3.63) is 23.4 Å². The molecule has 0 amide bonds. The van der Waals surface area contributed by atoms with Crippen molar-refractivity contribution in [2.24, 2.45) is 0 Å². The molecule has 0 saturated heterocycles.